The third-order valence-electron chi connectivity index (χ3n) is 2.02. The van der Waals surface area contributed by atoms with Gasteiger partial charge in [0.25, 0.3) is 0 Å². The number of nitrogens with zero attached hydrogens (tertiary/aromatic N) is 2. The van der Waals surface area contributed by atoms with E-state index in [9.17, 15) is 13.6 Å². The van der Waals surface area contributed by atoms with Crippen LogP contribution in [0.3, 0.4) is 0 Å². The highest BCUT2D eigenvalue weighted by molar-refractivity contribution is 7.99. The molecule has 19 heavy (non-hydrogen) atoms. The second-order valence-corrected chi connectivity index (χ2v) is 4.41. The van der Waals surface area contributed by atoms with Crippen molar-refractivity contribution in [1.82, 2.24) is 15.2 Å². The number of aromatic nitrogens is 3. The van der Waals surface area contributed by atoms with Crippen LogP contribution in [0.4, 0.5) is 20.4 Å². The summed E-state index contributed by atoms with van der Waals surface area (Å²) in [5, 5.41) is 8.92. The van der Waals surface area contributed by atoms with Gasteiger partial charge >= 0.3 is 0 Å². The number of carbonyl (C=O) groups excluding carboxylic acids is 1. The Morgan fingerprint density at radius 1 is 1.42 bits per heavy atom. The predicted octanol–water partition coefficient (Wildman–Crippen LogP) is 1.40. The lowest BCUT2D eigenvalue weighted by atomic mass is 10.3. The third kappa shape index (κ3) is 3.65. The molecule has 6 nitrogen and oxygen atoms in total. The van der Waals surface area contributed by atoms with E-state index in [1.54, 1.807) is 0 Å². The number of nitrogen functional groups attached to an aromatic ring is 1. The Balaban J connectivity index is 1.88. The van der Waals surface area contributed by atoms with E-state index in [1.165, 1.54) is 6.07 Å². The van der Waals surface area contributed by atoms with Gasteiger partial charge in [0.2, 0.25) is 17.0 Å². The van der Waals surface area contributed by atoms with E-state index in [0.717, 1.165) is 23.9 Å². The summed E-state index contributed by atoms with van der Waals surface area (Å²) in [5.41, 5.74) is 5.50. The Bertz CT molecular complexity index is 603. The minimum Gasteiger partial charge on any atom is -0.368 e. The number of benzene rings is 1. The van der Waals surface area contributed by atoms with Gasteiger partial charge in [-0.2, -0.15) is 4.98 Å². The Morgan fingerprint density at radius 2 is 2.21 bits per heavy atom. The van der Waals surface area contributed by atoms with E-state index in [2.05, 4.69) is 20.5 Å². The second-order valence-electron chi connectivity index (χ2n) is 3.47. The van der Waals surface area contributed by atoms with Crippen molar-refractivity contribution in [2.75, 3.05) is 16.8 Å². The monoisotopic (exact) mass is 285 g/mol. The van der Waals surface area contributed by atoms with E-state index in [1.807, 2.05) is 0 Å². The second kappa shape index (κ2) is 5.65. The topological polar surface area (TPSA) is 96.7 Å². The standard InChI is InChI=1S/C10H9F2N5OS/c11-6-2-1-5(3-7(6)12)14-8(18)4-19-10-15-9(13)16-17-10/h1-3H,4H2,(H,14,18)(H3,13,15,16,17). The lowest BCUT2D eigenvalue weighted by molar-refractivity contribution is -0.113. The van der Waals surface area contributed by atoms with Crippen LogP contribution >= 0.6 is 11.8 Å². The summed E-state index contributed by atoms with van der Waals surface area (Å²) in [6.07, 6.45) is 0. The largest absolute Gasteiger partial charge is 0.368 e. The number of carbonyl (C=O) groups is 1. The summed E-state index contributed by atoms with van der Waals surface area (Å²) in [5.74, 6) is -2.20. The van der Waals surface area contributed by atoms with Crippen LogP contribution in [0.15, 0.2) is 23.4 Å². The van der Waals surface area contributed by atoms with Gasteiger partial charge in [-0.1, -0.05) is 11.8 Å². The molecule has 1 aromatic heterocycles. The average Bonchev–Trinajstić information content (AvgIpc) is 2.77. The van der Waals surface area contributed by atoms with Crippen LogP contribution < -0.4 is 11.1 Å². The van der Waals surface area contributed by atoms with E-state index in [0.29, 0.717) is 5.16 Å². The van der Waals surface area contributed by atoms with Gasteiger partial charge in [-0.3, -0.25) is 4.79 Å². The van der Waals surface area contributed by atoms with Crippen molar-refractivity contribution in [3.63, 3.8) is 0 Å². The Kier molecular flexibility index (Phi) is 3.95. The van der Waals surface area contributed by atoms with Gasteiger partial charge in [0.1, 0.15) is 0 Å². The van der Waals surface area contributed by atoms with Crippen molar-refractivity contribution in [1.29, 1.82) is 0 Å². The molecule has 0 fully saturated rings. The minimum atomic E-state index is -1.02. The van der Waals surface area contributed by atoms with E-state index >= 15 is 0 Å². The number of nitrogens with two attached hydrogens (primary N) is 1. The number of thioether (sulfide) groups is 1. The molecular weight excluding hydrogens is 276 g/mol. The quantitative estimate of drug-likeness (QED) is 0.738. The van der Waals surface area contributed by atoms with Crippen molar-refractivity contribution in [2.45, 2.75) is 5.16 Å². The molecule has 0 aliphatic rings. The van der Waals surface area contributed by atoms with Crippen molar-refractivity contribution >= 4 is 29.3 Å². The van der Waals surface area contributed by atoms with E-state index in [4.69, 9.17) is 5.73 Å². The summed E-state index contributed by atoms with van der Waals surface area (Å²) in [7, 11) is 0. The molecule has 0 aliphatic carbocycles. The molecule has 0 unspecified atom stereocenters. The van der Waals surface area contributed by atoms with Gasteiger partial charge in [0.05, 0.1) is 5.75 Å². The molecule has 0 radical (unpaired) electrons. The summed E-state index contributed by atoms with van der Waals surface area (Å²) in [6, 6.07) is 3.11. The van der Waals surface area contributed by atoms with Crippen LogP contribution in [-0.2, 0) is 4.79 Å². The lowest BCUT2D eigenvalue weighted by Gasteiger charge is -2.04. The number of halogens is 2. The highest BCUT2D eigenvalue weighted by Crippen LogP contribution is 2.15. The molecule has 0 spiro atoms. The molecule has 0 aliphatic heterocycles. The maximum absolute atomic E-state index is 12.9. The molecule has 0 saturated carbocycles. The zero-order valence-electron chi connectivity index (χ0n) is 9.48. The van der Waals surface area contributed by atoms with Gasteiger partial charge < -0.3 is 11.1 Å². The highest BCUT2D eigenvalue weighted by atomic mass is 32.2. The fourth-order valence-corrected chi connectivity index (χ4v) is 1.83. The van der Waals surface area contributed by atoms with Crippen molar-refractivity contribution in [3.8, 4) is 0 Å². The molecule has 100 valence electrons. The van der Waals surface area contributed by atoms with E-state index in [-0.39, 0.29) is 23.3 Å². The Morgan fingerprint density at radius 3 is 2.84 bits per heavy atom. The van der Waals surface area contributed by atoms with Crippen LogP contribution in [0.25, 0.3) is 0 Å². The van der Waals surface area contributed by atoms with Crippen LogP contribution in [-0.4, -0.2) is 26.8 Å². The van der Waals surface area contributed by atoms with Crippen LogP contribution in [0.2, 0.25) is 0 Å². The number of rotatable bonds is 4. The molecule has 9 heteroatoms. The SMILES string of the molecule is Nc1nc(SCC(=O)Nc2ccc(F)c(F)c2)n[nH]1. The van der Waals surface area contributed by atoms with Crippen molar-refractivity contribution in [3.05, 3.63) is 29.8 Å². The van der Waals surface area contributed by atoms with E-state index < -0.39 is 11.6 Å². The average molecular weight is 285 g/mol. The number of H-pyrrole nitrogens is 1. The Labute approximate surface area is 110 Å². The third-order valence-corrected chi connectivity index (χ3v) is 2.87. The highest BCUT2D eigenvalue weighted by Gasteiger charge is 2.08. The number of hydrogen-bond donors (Lipinski definition) is 3. The van der Waals surface area contributed by atoms with Crippen molar-refractivity contribution in [2.24, 2.45) is 0 Å². The summed E-state index contributed by atoms with van der Waals surface area (Å²) < 4.78 is 25.6. The van der Waals surface area contributed by atoms with Gasteiger partial charge in [-0.25, -0.2) is 13.9 Å². The molecule has 0 bridgehead atoms. The van der Waals surface area contributed by atoms with Gasteiger partial charge in [0.15, 0.2) is 11.6 Å². The van der Waals surface area contributed by atoms with Crippen molar-refractivity contribution < 1.29 is 13.6 Å². The Hall–Kier alpha value is -2.16. The number of nitrogens with one attached hydrogen (secondary N) is 2. The fourth-order valence-electron chi connectivity index (χ4n) is 1.22. The molecule has 1 aromatic carbocycles. The van der Waals surface area contributed by atoms with Crippen LogP contribution in [0, 0.1) is 11.6 Å². The number of anilines is 2. The molecule has 4 N–H and O–H groups in total. The molecule has 2 rings (SSSR count). The summed E-state index contributed by atoms with van der Waals surface area (Å²) in [4.78, 5) is 15.3. The first-order valence-electron chi connectivity index (χ1n) is 5.10. The van der Waals surface area contributed by atoms with Gasteiger partial charge in [-0.15, -0.1) is 5.10 Å². The number of aromatic amines is 1. The maximum Gasteiger partial charge on any atom is 0.234 e. The van der Waals surface area contributed by atoms with Gasteiger partial charge in [-0.05, 0) is 12.1 Å². The summed E-state index contributed by atoms with van der Waals surface area (Å²) >= 11 is 1.06. The zero-order valence-corrected chi connectivity index (χ0v) is 10.3. The molecule has 1 heterocycles. The number of hydrogen-bond acceptors (Lipinski definition) is 5. The molecule has 2 aromatic rings. The molecule has 0 atom stereocenters. The number of amides is 1. The predicted molar refractivity (Wildman–Crippen MR) is 66.5 cm³/mol. The van der Waals surface area contributed by atoms with Crippen LogP contribution in [0.1, 0.15) is 0 Å². The first-order valence-corrected chi connectivity index (χ1v) is 6.09. The molecule has 0 saturated heterocycles. The first-order chi connectivity index (χ1) is 9.04. The zero-order chi connectivity index (χ0) is 13.8. The summed E-state index contributed by atoms with van der Waals surface area (Å²) in [6.45, 7) is 0. The molecule has 1 amide bonds. The minimum absolute atomic E-state index is 0.0241. The first kappa shape index (κ1) is 13.3. The lowest BCUT2D eigenvalue weighted by Crippen LogP contribution is -2.14. The molecular formula is C10H9F2N5OS. The maximum atomic E-state index is 12.9. The van der Waals surface area contributed by atoms with Crippen LogP contribution in [0.5, 0.6) is 0 Å². The van der Waals surface area contributed by atoms with Gasteiger partial charge in [0, 0.05) is 11.8 Å². The normalized spacial score (nSPS) is 10.4. The fraction of sp³-hybridized carbons (Fsp3) is 0.100. The smallest absolute Gasteiger partial charge is 0.234 e.